The Morgan fingerprint density at radius 3 is 2.50 bits per heavy atom. The minimum absolute atomic E-state index is 0.0168. The van der Waals surface area contributed by atoms with Gasteiger partial charge < -0.3 is 19.9 Å². The number of ether oxygens (including phenoxy) is 1. The molecule has 5 aliphatic rings. The van der Waals surface area contributed by atoms with Gasteiger partial charge in [0.15, 0.2) is 0 Å². The SMILES string of the molecule is CC(C)(C)OC(=O)N[C@@H](CN1C[C@@H]2C[C@H]1C(=O)N2[C@@H](c1ccc(F)cc1)C1CCC1)C(=O)N1[C@H](C#N)C[C@@H]2C[C@@H]21. The number of amides is 3. The van der Waals surface area contributed by atoms with E-state index < -0.39 is 23.8 Å². The maximum atomic E-state index is 13.8. The number of benzene rings is 1. The molecule has 5 fully saturated rings. The van der Waals surface area contributed by atoms with E-state index in [1.807, 2.05) is 9.80 Å². The van der Waals surface area contributed by atoms with Crippen LogP contribution in [0, 0.1) is 29.0 Å². The first kappa shape index (κ1) is 27.0. The molecule has 1 N–H and O–H groups in total. The zero-order valence-corrected chi connectivity index (χ0v) is 23.4. The predicted octanol–water partition coefficient (Wildman–Crippen LogP) is 3.36. The number of halogens is 1. The molecule has 40 heavy (non-hydrogen) atoms. The molecule has 3 aliphatic heterocycles. The summed E-state index contributed by atoms with van der Waals surface area (Å²) < 4.78 is 19.1. The molecule has 2 aliphatic carbocycles. The summed E-state index contributed by atoms with van der Waals surface area (Å²) in [5.41, 5.74) is 0.232. The van der Waals surface area contributed by atoms with Gasteiger partial charge in [-0.05, 0) is 82.4 Å². The number of alkyl carbamates (subject to hydrolysis) is 1. The fourth-order valence-corrected chi connectivity index (χ4v) is 7.27. The van der Waals surface area contributed by atoms with Gasteiger partial charge in [0.05, 0.1) is 18.2 Å². The van der Waals surface area contributed by atoms with Gasteiger partial charge in [0.2, 0.25) is 11.8 Å². The highest BCUT2D eigenvalue weighted by molar-refractivity contribution is 5.89. The largest absolute Gasteiger partial charge is 0.444 e. The summed E-state index contributed by atoms with van der Waals surface area (Å²) in [6.07, 6.45) is 4.74. The van der Waals surface area contributed by atoms with Crippen molar-refractivity contribution >= 4 is 17.9 Å². The third-order valence-corrected chi connectivity index (χ3v) is 9.34. The lowest BCUT2D eigenvalue weighted by Crippen LogP contribution is -2.60. The van der Waals surface area contributed by atoms with Crippen molar-refractivity contribution in [1.82, 2.24) is 20.0 Å². The number of likely N-dealkylation sites (tertiary alicyclic amines) is 3. The minimum atomic E-state index is -0.926. The smallest absolute Gasteiger partial charge is 0.408 e. The molecule has 3 saturated heterocycles. The average molecular weight is 552 g/mol. The molecule has 0 radical (unpaired) electrons. The summed E-state index contributed by atoms with van der Waals surface area (Å²) in [6, 6.07) is 6.90. The van der Waals surface area contributed by atoms with Crippen LogP contribution in [0.5, 0.6) is 0 Å². The molecule has 9 nitrogen and oxygen atoms in total. The van der Waals surface area contributed by atoms with Crippen LogP contribution in [-0.4, -0.2) is 81.5 Å². The highest BCUT2D eigenvalue weighted by atomic mass is 19.1. The summed E-state index contributed by atoms with van der Waals surface area (Å²) in [7, 11) is 0. The zero-order chi connectivity index (χ0) is 28.3. The van der Waals surface area contributed by atoms with Gasteiger partial charge in [0.1, 0.15) is 23.5 Å². The molecule has 2 bridgehead atoms. The van der Waals surface area contributed by atoms with E-state index in [4.69, 9.17) is 4.74 Å². The first-order chi connectivity index (χ1) is 19.0. The van der Waals surface area contributed by atoms with E-state index >= 15 is 0 Å². The third-order valence-electron chi connectivity index (χ3n) is 9.34. The van der Waals surface area contributed by atoms with Crippen molar-refractivity contribution in [1.29, 1.82) is 5.26 Å². The second kappa shape index (κ2) is 10.0. The number of nitrogens with one attached hydrogen (secondary N) is 1. The number of nitriles is 1. The molecule has 0 aromatic heterocycles. The van der Waals surface area contributed by atoms with Crippen LogP contribution in [0.15, 0.2) is 24.3 Å². The Morgan fingerprint density at radius 1 is 1.18 bits per heavy atom. The van der Waals surface area contributed by atoms with E-state index in [-0.39, 0.29) is 48.3 Å². The molecule has 10 heteroatoms. The molecular weight excluding hydrogens is 513 g/mol. The van der Waals surface area contributed by atoms with Crippen molar-refractivity contribution in [3.63, 3.8) is 0 Å². The fourth-order valence-electron chi connectivity index (χ4n) is 7.27. The van der Waals surface area contributed by atoms with Crippen LogP contribution in [0.2, 0.25) is 0 Å². The van der Waals surface area contributed by atoms with Crippen LogP contribution in [-0.2, 0) is 14.3 Å². The normalized spacial score (nSPS) is 30.9. The Morgan fingerprint density at radius 2 is 1.90 bits per heavy atom. The van der Waals surface area contributed by atoms with E-state index in [0.29, 0.717) is 31.2 Å². The van der Waals surface area contributed by atoms with E-state index in [1.54, 1.807) is 37.8 Å². The maximum absolute atomic E-state index is 13.8. The fraction of sp³-hybridized carbons (Fsp3) is 0.667. The summed E-state index contributed by atoms with van der Waals surface area (Å²) >= 11 is 0. The van der Waals surface area contributed by atoms with Gasteiger partial charge in [-0.3, -0.25) is 14.5 Å². The Hall–Kier alpha value is -3.19. The van der Waals surface area contributed by atoms with Crippen molar-refractivity contribution in [2.75, 3.05) is 13.1 Å². The number of piperidine rings is 1. The van der Waals surface area contributed by atoms with Crippen LogP contribution in [0.4, 0.5) is 9.18 Å². The molecule has 3 heterocycles. The van der Waals surface area contributed by atoms with Crippen molar-refractivity contribution in [2.24, 2.45) is 11.8 Å². The van der Waals surface area contributed by atoms with Crippen LogP contribution in [0.3, 0.4) is 0 Å². The molecule has 0 spiro atoms. The number of rotatable bonds is 7. The summed E-state index contributed by atoms with van der Waals surface area (Å²) in [6.45, 7) is 6.05. The minimum Gasteiger partial charge on any atom is -0.444 e. The molecule has 1 aromatic rings. The van der Waals surface area contributed by atoms with Crippen LogP contribution < -0.4 is 5.32 Å². The van der Waals surface area contributed by atoms with Crippen LogP contribution >= 0.6 is 0 Å². The second-order valence-electron chi connectivity index (χ2n) is 13.2. The number of carbonyl (C=O) groups excluding carboxylic acids is 3. The zero-order valence-electron chi connectivity index (χ0n) is 23.4. The quantitative estimate of drug-likeness (QED) is 0.557. The summed E-state index contributed by atoms with van der Waals surface area (Å²) in [4.78, 5) is 46.1. The topological polar surface area (TPSA) is 106 Å². The number of hydrogen-bond donors (Lipinski definition) is 1. The molecular formula is C30H38FN5O4. The van der Waals surface area contributed by atoms with E-state index in [0.717, 1.165) is 31.2 Å². The number of nitrogens with zero attached hydrogens (tertiary/aromatic N) is 4. The standard InChI is InChI=1S/C30H38FN5O4/c1-30(2,3)40-29(39)33-23(27(37)35-21(14-32)11-19-12-24(19)35)16-34-15-22-13-25(34)28(38)36(22)26(17-5-4-6-17)18-7-9-20(31)10-8-18/h7-10,17,19,21-26H,4-6,11-13,15-16H2,1-3H3,(H,33,39)/t19-,21+,22+,23+,24+,25+,26-/m1/s1. The number of piperazine rings is 1. The number of fused-ring (bicyclic) bond motifs is 3. The summed E-state index contributed by atoms with van der Waals surface area (Å²) in [5, 5.41) is 12.4. The molecule has 0 unspecified atom stereocenters. The number of hydrogen-bond acceptors (Lipinski definition) is 6. The van der Waals surface area contributed by atoms with Gasteiger partial charge in [-0.1, -0.05) is 18.6 Å². The van der Waals surface area contributed by atoms with Gasteiger partial charge in [-0.25, -0.2) is 9.18 Å². The summed E-state index contributed by atoms with van der Waals surface area (Å²) in [5.74, 6) is 0.157. The van der Waals surface area contributed by atoms with Gasteiger partial charge in [0, 0.05) is 25.2 Å². The molecule has 7 atom stereocenters. The second-order valence-corrected chi connectivity index (χ2v) is 13.2. The van der Waals surface area contributed by atoms with E-state index in [9.17, 15) is 24.0 Å². The van der Waals surface area contributed by atoms with Crippen molar-refractivity contribution in [3.05, 3.63) is 35.6 Å². The first-order valence-electron chi connectivity index (χ1n) is 14.6. The first-order valence-corrected chi connectivity index (χ1v) is 14.6. The van der Waals surface area contributed by atoms with Crippen molar-refractivity contribution < 1.29 is 23.5 Å². The van der Waals surface area contributed by atoms with E-state index in [1.165, 1.54) is 12.1 Å². The Labute approximate surface area is 234 Å². The Bertz CT molecular complexity index is 1220. The average Bonchev–Trinajstić information content (AvgIpc) is 3.18. The van der Waals surface area contributed by atoms with Gasteiger partial charge in [-0.15, -0.1) is 0 Å². The molecule has 1 aromatic carbocycles. The predicted molar refractivity (Wildman–Crippen MR) is 143 cm³/mol. The third kappa shape index (κ3) is 4.93. The molecule has 6 rings (SSSR count). The Kier molecular flexibility index (Phi) is 6.76. The van der Waals surface area contributed by atoms with Crippen LogP contribution in [0.25, 0.3) is 0 Å². The molecule has 3 amide bonds. The highest BCUT2D eigenvalue weighted by Crippen LogP contribution is 2.49. The number of carbonyl (C=O) groups is 3. The van der Waals surface area contributed by atoms with E-state index in [2.05, 4.69) is 11.4 Å². The van der Waals surface area contributed by atoms with Gasteiger partial charge in [0.25, 0.3) is 0 Å². The lowest BCUT2D eigenvalue weighted by molar-refractivity contribution is -0.143. The van der Waals surface area contributed by atoms with Gasteiger partial charge >= 0.3 is 6.09 Å². The highest BCUT2D eigenvalue weighted by Gasteiger charge is 2.57. The lowest BCUT2D eigenvalue weighted by atomic mass is 9.76. The van der Waals surface area contributed by atoms with Crippen molar-refractivity contribution in [3.8, 4) is 6.07 Å². The Balaban J connectivity index is 1.20. The maximum Gasteiger partial charge on any atom is 0.408 e. The molecule has 214 valence electrons. The van der Waals surface area contributed by atoms with Crippen molar-refractivity contribution in [2.45, 2.75) is 101 Å². The van der Waals surface area contributed by atoms with Crippen LogP contribution in [0.1, 0.15) is 70.9 Å². The molecule has 2 saturated carbocycles. The monoisotopic (exact) mass is 551 g/mol. The lowest BCUT2D eigenvalue weighted by Gasteiger charge is -2.45. The van der Waals surface area contributed by atoms with Gasteiger partial charge in [-0.2, -0.15) is 5.26 Å².